The Morgan fingerprint density at radius 1 is 1.29 bits per heavy atom. The van der Waals surface area contributed by atoms with Crippen LogP contribution in [0.3, 0.4) is 0 Å². The molecule has 0 aromatic heterocycles. The van der Waals surface area contributed by atoms with Gasteiger partial charge in [0.25, 0.3) is 0 Å². The van der Waals surface area contributed by atoms with Crippen molar-refractivity contribution in [3.63, 3.8) is 0 Å². The number of primary amides is 1. The maximum Gasteiger partial charge on any atom is 0.307 e. The van der Waals surface area contributed by atoms with E-state index in [1.807, 2.05) is 0 Å². The second kappa shape index (κ2) is 5.65. The van der Waals surface area contributed by atoms with Crippen molar-refractivity contribution in [3.05, 3.63) is 0 Å². The molecule has 0 aliphatic heterocycles. The maximum atomic E-state index is 12.1. The summed E-state index contributed by atoms with van der Waals surface area (Å²) in [6.45, 7) is 1.97. The van der Waals surface area contributed by atoms with Crippen LogP contribution in [-0.4, -0.2) is 40.9 Å². The average Bonchev–Trinajstić information content (AvgIpc) is 2.73. The van der Waals surface area contributed by atoms with Crippen molar-refractivity contribution in [1.82, 2.24) is 4.90 Å². The molecule has 96 valence electrons. The Labute approximate surface area is 99.8 Å². The van der Waals surface area contributed by atoms with Crippen LogP contribution in [0.25, 0.3) is 0 Å². The van der Waals surface area contributed by atoms with Crippen molar-refractivity contribution in [1.29, 1.82) is 0 Å². The number of hydrogen-bond acceptors (Lipinski definition) is 3. The summed E-state index contributed by atoms with van der Waals surface area (Å²) in [5.41, 5.74) is 5.05. The van der Waals surface area contributed by atoms with Gasteiger partial charge in [0.05, 0.1) is 18.4 Å². The molecule has 6 heteroatoms. The zero-order valence-electron chi connectivity index (χ0n) is 9.89. The zero-order chi connectivity index (χ0) is 13.0. The van der Waals surface area contributed by atoms with Crippen molar-refractivity contribution in [2.45, 2.75) is 26.2 Å². The molecule has 2 amide bonds. The highest BCUT2D eigenvalue weighted by Gasteiger charge is 2.39. The highest BCUT2D eigenvalue weighted by molar-refractivity contribution is 5.88. The number of nitrogens with two attached hydrogens (primary N) is 1. The molecule has 6 nitrogen and oxygen atoms in total. The predicted octanol–water partition coefficient (Wildman–Crippen LogP) is -0.179. The average molecular weight is 242 g/mol. The van der Waals surface area contributed by atoms with E-state index in [-0.39, 0.29) is 12.5 Å². The van der Waals surface area contributed by atoms with Gasteiger partial charge < -0.3 is 15.7 Å². The van der Waals surface area contributed by atoms with Crippen molar-refractivity contribution in [2.75, 3.05) is 13.1 Å². The van der Waals surface area contributed by atoms with E-state index in [2.05, 4.69) is 0 Å². The van der Waals surface area contributed by atoms with Crippen LogP contribution in [-0.2, 0) is 14.4 Å². The minimum atomic E-state index is -0.934. The molecule has 1 aliphatic rings. The van der Waals surface area contributed by atoms with E-state index >= 15 is 0 Å². The first-order valence-corrected chi connectivity index (χ1v) is 5.77. The van der Waals surface area contributed by atoms with Gasteiger partial charge in [0, 0.05) is 6.54 Å². The molecule has 17 heavy (non-hydrogen) atoms. The van der Waals surface area contributed by atoms with E-state index in [0.29, 0.717) is 19.4 Å². The Morgan fingerprint density at radius 2 is 1.88 bits per heavy atom. The number of carbonyl (C=O) groups is 3. The monoisotopic (exact) mass is 242 g/mol. The predicted molar refractivity (Wildman–Crippen MR) is 59.9 cm³/mol. The summed E-state index contributed by atoms with van der Waals surface area (Å²) in [5, 5.41) is 9.01. The normalized spacial score (nSPS) is 23.4. The van der Waals surface area contributed by atoms with Crippen LogP contribution < -0.4 is 5.73 Å². The number of aliphatic carboxylic acids is 1. The van der Waals surface area contributed by atoms with Crippen LogP contribution in [0.1, 0.15) is 26.2 Å². The molecule has 0 saturated heterocycles. The Morgan fingerprint density at radius 3 is 2.35 bits per heavy atom. The number of hydrogen-bond donors (Lipinski definition) is 2. The van der Waals surface area contributed by atoms with Crippen molar-refractivity contribution >= 4 is 17.8 Å². The fraction of sp³-hybridized carbons (Fsp3) is 0.727. The van der Waals surface area contributed by atoms with Gasteiger partial charge in [-0.3, -0.25) is 14.4 Å². The first-order chi connectivity index (χ1) is 7.97. The third-order valence-electron chi connectivity index (χ3n) is 3.19. The molecule has 3 N–H and O–H groups in total. The largest absolute Gasteiger partial charge is 0.481 e. The third-order valence-corrected chi connectivity index (χ3v) is 3.19. The Balaban J connectivity index is 2.73. The molecule has 0 radical (unpaired) electrons. The lowest BCUT2D eigenvalue weighted by molar-refractivity contribution is -0.149. The smallest absolute Gasteiger partial charge is 0.307 e. The highest BCUT2D eigenvalue weighted by Crippen LogP contribution is 2.33. The summed E-state index contributed by atoms with van der Waals surface area (Å²) in [6, 6.07) is 0. The van der Waals surface area contributed by atoms with Crippen molar-refractivity contribution in [2.24, 2.45) is 17.6 Å². The molecule has 0 aromatic carbocycles. The van der Waals surface area contributed by atoms with E-state index in [9.17, 15) is 14.4 Å². The first kappa shape index (κ1) is 13.5. The number of carboxylic acid groups (broad SMARTS) is 1. The summed E-state index contributed by atoms with van der Waals surface area (Å²) in [5.74, 6) is -2.91. The van der Waals surface area contributed by atoms with Crippen LogP contribution in [0.2, 0.25) is 0 Å². The van der Waals surface area contributed by atoms with Gasteiger partial charge in [-0.15, -0.1) is 0 Å². The van der Waals surface area contributed by atoms with Gasteiger partial charge in [0.15, 0.2) is 0 Å². The molecule has 1 rings (SSSR count). The Kier molecular flexibility index (Phi) is 4.48. The topological polar surface area (TPSA) is 101 Å². The number of nitrogens with zero attached hydrogens (tertiary/aromatic N) is 1. The zero-order valence-corrected chi connectivity index (χ0v) is 9.89. The van der Waals surface area contributed by atoms with E-state index in [0.717, 1.165) is 6.42 Å². The number of likely N-dealkylation sites (N-methyl/N-ethyl adjacent to an activating group) is 1. The van der Waals surface area contributed by atoms with Gasteiger partial charge in [0.2, 0.25) is 11.8 Å². The number of carbonyl (C=O) groups excluding carboxylic acids is 2. The van der Waals surface area contributed by atoms with Gasteiger partial charge in [-0.1, -0.05) is 6.42 Å². The summed E-state index contributed by atoms with van der Waals surface area (Å²) in [4.78, 5) is 35.2. The summed E-state index contributed by atoms with van der Waals surface area (Å²) in [7, 11) is 0. The molecule has 0 aromatic rings. The second-order valence-electron chi connectivity index (χ2n) is 4.30. The van der Waals surface area contributed by atoms with E-state index in [1.54, 1.807) is 6.92 Å². The second-order valence-corrected chi connectivity index (χ2v) is 4.30. The molecule has 1 aliphatic carbocycles. The standard InChI is InChI=1S/C11H18N2O4/c1-2-13(6-9(12)14)10(15)7-4-3-5-8(7)11(16)17/h7-8H,2-6H2,1H3,(H2,12,14)(H,16,17)/t7-,8+/m1/s1. The van der Waals surface area contributed by atoms with Crippen LogP contribution in [0.4, 0.5) is 0 Å². The Bertz CT molecular complexity index is 329. The van der Waals surface area contributed by atoms with Gasteiger partial charge in [0.1, 0.15) is 0 Å². The molecule has 2 atom stereocenters. The van der Waals surface area contributed by atoms with Crippen LogP contribution in [0.15, 0.2) is 0 Å². The van der Waals surface area contributed by atoms with Gasteiger partial charge >= 0.3 is 5.97 Å². The van der Waals surface area contributed by atoms with E-state index in [1.165, 1.54) is 4.90 Å². The minimum Gasteiger partial charge on any atom is -0.481 e. The molecular weight excluding hydrogens is 224 g/mol. The van der Waals surface area contributed by atoms with Gasteiger partial charge in [-0.25, -0.2) is 0 Å². The molecule has 0 spiro atoms. The number of carboxylic acids is 1. The molecular formula is C11H18N2O4. The van der Waals surface area contributed by atoms with E-state index < -0.39 is 23.7 Å². The third kappa shape index (κ3) is 3.18. The van der Waals surface area contributed by atoms with Crippen LogP contribution in [0, 0.1) is 11.8 Å². The number of rotatable bonds is 5. The van der Waals surface area contributed by atoms with E-state index in [4.69, 9.17) is 10.8 Å². The summed E-state index contributed by atoms with van der Waals surface area (Å²) in [6.07, 6.45) is 1.84. The molecule has 1 saturated carbocycles. The molecule has 0 heterocycles. The van der Waals surface area contributed by atoms with Gasteiger partial charge in [-0.2, -0.15) is 0 Å². The lowest BCUT2D eigenvalue weighted by atomic mass is 9.94. The SMILES string of the molecule is CCN(CC(N)=O)C(=O)[C@@H]1CCC[C@@H]1C(=O)O. The first-order valence-electron chi connectivity index (χ1n) is 5.77. The minimum absolute atomic E-state index is 0.141. The lowest BCUT2D eigenvalue weighted by Gasteiger charge is -2.24. The quantitative estimate of drug-likeness (QED) is 0.698. The molecule has 0 unspecified atom stereocenters. The van der Waals surface area contributed by atoms with Crippen molar-refractivity contribution < 1.29 is 19.5 Å². The highest BCUT2D eigenvalue weighted by atomic mass is 16.4. The van der Waals surface area contributed by atoms with Crippen LogP contribution >= 0.6 is 0 Å². The van der Waals surface area contributed by atoms with Gasteiger partial charge in [-0.05, 0) is 19.8 Å². The number of amides is 2. The molecule has 0 bridgehead atoms. The Hall–Kier alpha value is -1.59. The lowest BCUT2D eigenvalue weighted by Crippen LogP contribution is -2.43. The fourth-order valence-corrected chi connectivity index (χ4v) is 2.32. The molecule has 1 fully saturated rings. The van der Waals surface area contributed by atoms with Crippen LogP contribution in [0.5, 0.6) is 0 Å². The summed E-state index contributed by atoms with van der Waals surface area (Å²) >= 11 is 0. The van der Waals surface area contributed by atoms with Crippen molar-refractivity contribution in [3.8, 4) is 0 Å². The maximum absolute atomic E-state index is 12.1. The summed E-state index contributed by atoms with van der Waals surface area (Å²) < 4.78 is 0. The fourth-order valence-electron chi connectivity index (χ4n) is 2.32.